The van der Waals surface area contributed by atoms with Crippen molar-refractivity contribution in [1.29, 1.82) is 0 Å². The van der Waals surface area contributed by atoms with Crippen molar-refractivity contribution in [1.82, 2.24) is 0 Å². The normalized spacial score (nSPS) is 19.4. The molecule has 82 valence electrons. The van der Waals surface area contributed by atoms with E-state index in [1.165, 1.54) is 0 Å². The van der Waals surface area contributed by atoms with Crippen molar-refractivity contribution in [2.75, 3.05) is 13.2 Å². The number of rotatable bonds is 2. The molecule has 0 saturated carbocycles. The van der Waals surface area contributed by atoms with Crippen molar-refractivity contribution >= 4 is 0 Å². The van der Waals surface area contributed by atoms with Crippen LogP contribution >= 0.6 is 0 Å². The first-order valence-electron chi connectivity index (χ1n) is 4.91. The predicted molar refractivity (Wildman–Crippen MR) is 50.2 cm³/mol. The van der Waals surface area contributed by atoms with Gasteiger partial charge in [0.25, 0.3) is 0 Å². The largest absolute Gasteiger partial charge is 0.343 e. The third-order valence-electron chi connectivity index (χ3n) is 2.56. The molecule has 15 heavy (non-hydrogen) atoms. The van der Waals surface area contributed by atoms with Gasteiger partial charge in [-0.25, -0.2) is 8.78 Å². The molecule has 1 aromatic carbocycles. The van der Waals surface area contributed by atoms with Crippen LogP contribution in [0.2, 0.25) is 0 Å². The van der Waals surface area contributed by atoms with Gasteiger partial charge >= 0.3 is 0 Å². The van der Waals surface area contributed by atoms with E-state index in [2.05, 4.69) is 0 Å². The second kappa shape index (κ2) is 3.87. The molecule has 0 aromatic heterocycles. The molecule has 1 saturated heterocycles. The number of ether oxygens (including phenoxy) is 2. The first-order chi connectivity index (χ1) is 7.18. The Morgan fingerprint density at radius 2 is 1.93 bits per heavy atom. The highest BCUT2D eigenvalue weighted by molar-refractivity contribution is 5.24. The van der Waals surface area contributed by atoms with Crippen LogP contribution in [0.4, 0.5) is 8.78 Å². The Labute approximate surface area is 86.8 Å². The summed E-state index contributed by atoms with van der Waals surface area (Å²) in [7, 11) is 0. The highest BCUT2D eigenvalue weighted by Crippen LogP contribution is 2.36. The fourth-order valence-corrected chi connectivity index (χ4v) is 1.79. The van der Waals surface area contributed by atoms with Gasteiger partial charge in [-0.05, 0) is 18.2 Å². The van der Waals surface area contributed by atoms with Crippen molar-refractivity contribution in [3.63, 3.8) is 0 Å². The fourth-order valence-electron chi connectivity index (χ4n) is 1.79. The van der Waals surface area contributed by atoms with E-state index >= 15 is 0 Å². The minimum atomic E-state index is -1.10. The fraction of sp³-hybridized carbons (Fsp3) is 0.455. The van der Waals surface area contributed by atoms with E-state index in [-0.39, 0.29) is 5.56 Å². The lowest BCUT2D eigenvalue weighted by molar-refractivity contribution is -0.169. The quantitative estimate of drug-likeness (QED) is 0.753. The zero-order valence-electron chi connectivity index (χ0n) is 8.43. The highest BCUT2D eigenvalue weighted by atomic mass is 19.1. The van der Waals surface area contributed by atoms with Gasteiger partial charge in [0.15, 0.2) is 5.79 Å². The van der Waals surface area contributed by atoms with Gasteiger partial charge in [0.05, 0.1) is 13.2 Å². The third kappa shape index (κ3) is 1.75. The molecule has 0 atom stereocenters. The Bertz CT molecular complexity index is 360. The van der Waals surface area contributed by atoms with Crippen LogP contribution in [-0.2, 0) is 15.3 Å². The summed E-state index contributed by atoms with van der Waals surface area (Å²) in [5.74, 6) is -2.09. The van der Waals surface area contributed by atoms with Gasteiger partial charge in [0.1, 0.15) is 11.6 Å². The summed E-state index contributed by atoms with van der Waals surface area (Å²) in [4.78, 5) is 0. The van der Waals surface area contributed by atoms with Crippen LogP contribution in [0, 0.1) is 11.6 Å². The molecular formula is C11H12F2O2. The highest BCUT2D eigenvalue weighted by Gasteiger charge is 2.39. The van der Waals surface area contributed by atoms with E-state index in [1.807, 2.05) is 6.92 Å². The summed E-state index contributed by atoms with van der Waals surface area (Å²) in [6.45, 7) is 2.63. The molecule has 1 heterocycles. The summed E-state index contributed by atoms with van der Waals surface area (Å²) in [6, 6.07) is 3.30. The number of hydrogen-bond donors (Lipinski definition) is 0. The van der Waals surface area contributed by atoms with Crippen LogP contribution in [0.3, 0.4) is 0 Å². The van der Waals surface area contributed by atoms with Crippen molar-refractivity contribution in [3.8, 4) is 0 Å². The van der Waals surface area contributed by atoms with Gasteiger partial charge in [-0.1, -0.05) is 6.92 Å². The second-order valence-electron chi connectivity index (χ2n) is 3.43. The van der Waals surface area contributed by atoms with Crippen molar-refractivity contribution in [3.05, 3.63) is 35.4 Å². The molecule has 0 radical (unpaired) electrons. The first kappa shape index (κ1) is 10.5. The van der Waals surface area contributed by atoms with Gasteiger partial charge in [-0.15, -0.1) is 0 Å². The zero-order chi connectivity index (χ0) is 10.9. The molecule has 4 heteroatoms. The van der Waals surface area contributed by atoms with Crippen LogP contribution in [0.15, 0.2) is 18.2 Å². The minimum Gasteiger partial charge on any atom is -0.343 e. The monoisotopic (exact) mass is 214 g/mol. The van der Waals surface area contributed by atoms with Gasteiger partial charge in [0.2, 0.25) is 0 Å². The summed E-state index contributed by atoms with van der Waals surface area (Å²) < 4.78 is 37.3. The topological polar surface area (TPSA) is 18.5 Å². The molecule has 0 spiro atoms. The minimum absolute atomic E-state index is 0.141. The molecule has 0 amide bonds. The van der Waals surface area contributed by atoms with E-state index in [4.69, 9.17) is 9.47 Å². The maximum absolute atomic E-state index is 13.5. The maximum Gasteiger partial charge on any atom is 0.197 e. The lowest BCUT2D eigenvalue weighted by atomic mass is 10.0. The van der Waals surface area contributed by atoms with Gasteiger partial charge in [0, 0.05) is 12.0 Å². The molecule has 0 unspecified atom stereocenters. The van der Waals surface area contributed by atoms with Crippen molar-refractivity contribution < 1.29 is 18.3 Å². The van der Waals surface area contributed by atoms with E-state index in [0.29, 0.717) is 19.6 Å². The molecule has 0 bridgehead atoms. The molecule has 1 aliphatic rings. The van der Waals surface area contributed by atoms with Gasteiger partial charge in [-0.2, -0.15) is 0 Å². The Morgan fingerprint density at radius 1 is 1.27 bits per heavy atom. The predicted octanol–water partition coefficient (Wildman–Crippen LogP) is 2.57. The Balaban J connectivity index is 2.46. The Kier molecular flexibility index (Phi) is 2.71. The van der Waals surface area contributed by atoms with Crippen LogP contribution in [0.5, 0.6) is 0 Å². The molecule has 0 N–H and O–H groups in total. The number of benzene rings is 1. The zero-order valence-corrected chi connectivity index (χ0v) is 8.43. The van der Waals surface area contributed by atoms with E-state index in [9.17, 15) is 8.78 Å². The summed E-state index contributed by atoms with van der Waals surface area (Å²) in [5.41, 5.74) is 0.141. The maximum atomic E-state index is 13.5. The van der Waals surface area contributed by atoms with Gasteiger partial charge in [-0.3, -0.25) is 0 Å². The van der Waals surface area contributed by atoms with Crippen LogP contribution in [0.1, 0.15) is 18.9 Å². The Hall–Kier alpha value is -1.00. The number of hydrogen-bond acceptors (Lipinski definition) is 2. The summed E-state index contributed by atoms with van der Waals surface area (Å²) in [6.07, 6.45) is 0.452. The molecule has 1 aliphatic heterocycles. The SMILES string of the molecule is CCC1(c2cc(F)ccc2F)OCCO1. The van der Waals surface area contributed by atoms with E-state index in [1.54, 1.807) is 0 Å². The summed E-state index contributed by atoms with van der Waals surface area (Å²) >= 11 is 0. The first-order valence-corrected chi connectivity index (χ1v) is 4.91. The standard InChI is InChI=1S/C11H12F2O2/c1-2-11(14-5-6-15-11)9-7-8(12)3-4-10(9)13/h3-4,7H,2,5-6H2,1H3. The lowest BCUT2D eigenvalue weighted by Crippen LogP contribution is -2.27. The smallest absolute Gasteiger partial charge is 0.197 e. The van der Waals surface area contributed by atoms with Crippen molar-refractivity contribution in [2.24, 2.45) is 0 Å². The Morgan fingerprint density at radius 3 is 2.53 bits per heavy atom. The molecule has 2 nitrogen and oxygen atoms in total. The molecule has 0 aliphatic carbocycles. The van der Waals surface area contributed by atoms with E-state index < -0.39 is 17.4 Å². The molecule has 1 fully saturated rings. The molecule has 2 rings (SSSR count). The van der Waals surface area contributed by atoms with E-state index in [0.717, 1.165) is 18.2 Å². The lowest BCUT2D eigenvalue weighted by Gasteiger charge is -2.26. The van der Waals surface area contributed by atoms with Gasteiger partial charge < -0.3 is 9.47 Å². The average molecular weight is 214 g/mol. The van der Waals surface area contributed by atoms with Crippen LogP contribution in [0.25, 0.3) is 0 Å². The van der Waals surface area contributed by atoms with Crippen LogP contribution in [-0.4, -0.2) is 13.2 Å². The molecule has 1 aromatic rings. The third-order valence-corrected chi connectivity index (χ3v) is 2.56. The molecular weight excluding hydrogens is 202 g/mol. The second-order valence-corrected chi connectivity index (χ2v) is 3.43. The average Bonchev–Trinajstić information content (AvgIpc) is 2.71. The summed E-state index contributed by atoms with van der Waals surface area (Å²) in [5, 5.41) is 0. The number of halogens is 2. The van der Waals surface area contributed by atoms with Crippen molar-refractivity contribution in [2.45, 2.75) is 19.1 Å². The van der Waals surface area contributed by atoms with Crippen LogP contribution < -0.4 is 0 Å².